The van der Waals surface area contributed by atoms with Crippen molar-refractivity contribution in [3.05, 3.63) is 0 Å². The molecule has 0 aromatic rings. The maximum absolute atomic E-state index is 8.11. The first-order chi connectivity index (χ1) is 6.60. The molecule has 0 amide bonds. The molecule has 2 N–H and O–H groups in total. The molecular weight excluding hydrogens is 180 g/mol. The molecule has 86 valence electrons. The van der Waals surface area contributed by atoms with Crippen molar-refractivity contribution in [2.45, 2.75) is 52.2 Å². The molecule has 3 nitrogen and oxygen atoms in total. The second-order valence-electron chi connectivity index (χ2n) is 4.08. The predicted octanol–water partition coefficient (Wildman–Crippen LogP) is 1.57. The summed E-state index contributed by atoms with van der Waals surface area (Å²) in [7, 11) is 0. The van der Waals surface area contributed by atoms with E-state index in [-0.39, 0.29) is 6.61 Å². The van der Waals surface area contributed by atoms with Gasteiger partial charge < -0.3 is 14.9 Å². The molecule has 1 saturated carbocycles. The zero-order chi connectivity index (χ0) is 11.0. The minimum Gasteiger partial charge on any atom is -0.394 e. The Balaban J connectivity index is 0.000000292. The van der Waals surface area contributed by atoms with Crippen molar-refractivity contribution in [3.8, 4) is 0 Å². The molecule has 1 rings (SSSR count). The number of hydrogen-bond donors (Lipinski definition) is 2. The molecular formula is C11H24O3. The van der Waals surface area contributed by atoms with Crippen molar-refractivity contribution in [3.63, 3.8) is 0 Å². The Morgan fingerprint density at radius 3 is 2.14 bits per heavy atom. The molecule has 1 fully saturated rings. The third-order valence-electron chi connectivity index (χ3n) is 2.10. The summed E-state index contributed by atoms with van der Waals surface area (Å²) in [6, 6.07) is 0. The molecule has 1 aliphatic carbocycles. The molecule has 2 atom stereocenters. The number of aliphatic hydroxyl groups is 2. The van der Waals surface area contributed by atoms with E-state index in [1.807, 2.05) is 0 Å². The lowest BCUT2D eigenvalue weighted by molar-refractivity contribution is 0.0901. The number of aliphatic hydroxyl groups excluding tert-OH is 2. The fraction of sp³-hybridized carbons (Fsp3) is 1.00. The normalized spacial score (nSPS) is 19.5. The lowest BCUT2D eigenvalue weighted by Crippen LogP contribution is -2.05. The van der Waals surface area contributed by atoms with Crippen molar-refractivity contribution < 1.29 is 14.9 Å². The van der Waals surface area contributed by atoms with Crippen molar-refractivity contribution in [1.29, 1.82) is 0 Å². The van der Waals surface area contributed by atoms with Gasteiger partial charge in [0.25, 0.3) is 0 Å². The Labute approximate surface area is 87.1 Å². The smallest absolute Gasteiger partial charge is 0.0742 e. The van der Waals surface area contributed by atoms with Crippen LogP contribution in [0, 0.1) is 5.92 Å². The quantitative estimate of drug-likeness (QED) is 0.714. The first-order valence-electron chi connectivity index (χ1n) is 5.50. The summed E-state index contributed by atoms with van der Waals surface area (Å²) in [6.07, 6.45) is 3.92. The second-order valence-corrected chi connectivity index (χ2v) is 4.08. The first kappa shape index (κ1) is 13.9. The van der Waals surface area contributed by atoms with E-state index in [4.69, 9.17) is 14.9 Å². The number of ether oxygens (including phenoxy) is 1. The van der Waals surface area contributed by atoms with Crippen LogP contribution in [0.4, 0.5) is 0 Å². The summed E-state index contributed by atoms with van der Waals surface area (Å²) < 4.78 is 5.51. The van der Waals surface area contributed by atoms with E-state index in [9.17, 15) is 0 Å². The molecule has 0 saturated heterocycles. The van der Waals surface area contributed by atoms with E-state index in [0.29, 0.717) is 6.10 Å². The maximum Gasteiger partial charge on any atom is 0.0742 e. The highest BCUT2D eigenvalue weighted by molar-refractivity contribution is 4.73. The van der Waals surface area contributed by atoms with Gasteiger partial charge in [-0.25, -0.2) is 0 Å². The third kappa shape index (κ3) is 9.96. The van der Waals surface area contributed by atoms with Crippen LogP contribution >= 0.6 is 0 Å². The largest absolute Gasteiger partial charge is 0.394 e. The van der Waals surface area contributed by atoms with Gasteiger partial charge in [-0.3, -0.25) is 0 Å². The number of rotatable bonds is 5. The maximum atomic E-state index is 8.11. The van der Waals surface area contributed by atoms with E-state index in [2.05, 4.69) is 13.8 Å². The predicted molar refractivity (Wildman–Crippen MR) is 57.2 cm³/mol. The average molecular weight is 204 g/mol. The van der Waals surface area contributed by atoms with Crippen LogP contribution in [0.15, 0.2) is 0 Å². The van der Waals surface area contributed by atoms with E-state index < -0.39 is 6.10 Å². The van der Waals surface area contributed by atoms with Crippen LogP contribution in [-0.4, -0.2) is 35.6 Å². The molecule has 0 spiro atoms. The van der Waals surface area contributed by atoms with Crippen LogP contribution < -0.4 is 0 Å². The molecule has 0 aliphatic heterocycles. The Hall–Kier alpha value is -0.120. The topological polar surface area (TPSA) is 49.7 Å². The molecule has 0 bridgehead atoms. The molecule has 0 aromatic heterocycles. The molecule has 0 heterocycles. The summed E-state index contributed by atoms with van der Waals surface area (Å²) in [6.45, 7) is 6.81. The van der Waals surface area contributed by atoms with Crippen LogP contribution in [0.5, 0.6) is 0 Å². The highest BCUT2D eigenvalue weighted by Gasteiger charge is 2.22. The molecule has 3 heteroatoms. The van der Waals surface area contributed by atoms with Gasteiger partial charge in [0.05, 0.1) is 18.8 Å². The zero-order valence-electron chi connectivity index (χ0n) is 9.57. The van der Waals surface area contributed by atoms with Gasteiger partial charge in [-0.1, -0.05) is 20.3 Å². The van der Waals surface area contributed by atoms with Crippen molar-refractivity contribution in [2.24, 2.45) is 5.92 Å². The molecule has 1 aliphatic rings. The van der Waals surface area contributed by atoms with Crippen molar-refractivity contribution in [1.82, 2.24) is 0 Å². The zero-order valence-corrected chi connectivity index (χ0v) is 9.57. The van der Waals surface area contributed by atoms with Crippen LogP contribution in [0.2, 0.25) is 0 Å². The summed E-state index contributed by atoms with van der Waals surface area (Å²) in [5.74, 6) is 0.755. The Kier molecular flexibility index (Phi) is 8.14. The first-order valence-corrected chi connectivity index (χ1v) is 5.50. The minimum atomic E-state index is -0.560. The standard InChI is InChI=1S/C8H16O.C3H8O2/c1-3-7(2)6-9-8-4-5-8;1-3(5)2-4/h7-8H,3-6H2,1-2H3;3-5H,2H2,1H3. The third-order valence-corrected chi connectivity index (χ3v) is 2.10. The molecule has 0 radical (unpaired) electrons. The summed E-state index contributed by atoms with van der Waals surface area (Å²) in [4.78, 5) is 0. The van der Waals surface area contributed by atoms with Crippen LogP contribution in [0.25, 0.3) is 0 Å². The summed E-state index contributed by atoms with van der Waals surface area (Å²) >= 11 is 0. The summed E-state index contributed by atoms with van der Waals surface area (Å²) in [5, 5.41) is 16.0. The van der Waals surface area contributed by atoms with Gasteiger partial charge >= 0.3 is 0 Å². The van der Waals surface area contributed by atoms with Gasteiger partial charge in [0.1, 0.15) is 0 Å². The highest BCUT2D eigenvalue weighted by atomic mass is 16.5. The van der Waals surface area contributed by atoms with E-state index in [0.717, 1.165) is 12.5 Å². The fourth-order valence-electron chi connectivity index (χ4n) is 0.653. The number of hydrogen-bond acceptors (Lipinski definition) is 3. The Morgan fingerprint density at radius 2 is 1.86 bits per heavy atom. The second kappa shape index (κ2) is 8.21. The van der Waals surface area contributed by atoms with Gasteiger partial charge in [-0.05, 0) is 25.7 Å². The van der Waals surface area contributed by atoms with E-state index >= 15 is 0 Å². The van der Waals surface area contributed by atoms with Crippen molar-refractivity contribution >= 4 is 0 Å². The van der Waals surface area contributed by atoms with Gasteiger partial charge in [0.2, 0.25) is 0 Å². The van der Waals surface area contributed by atoms with E-state index in [1.165, 1.54) is 26.2 Å². The highest BCUT2D eigenvalue weighted by Crippen LogP contribution is 2.24. The van der Waals surface area contributed by atoms with Gasteiger partial charge in [-0.15, -0.1) is 0 Å². The summed E-state index contributed by atoms with van der Waals surface area (Å²) in [5.41, 5.74) is 0. The van der Waals surface area contributed by atoms with Gasteiger partial charge in [0.15, 0.2) is 0 Å². The Bertz CT molecular complexity index is 122. The molecule has 14 heavy (non-hydrogen) atoms. The van der Waals surface area contributed by atoms with Crippen molar-refractivity contribution in [2.75, 3.05) is 13.2 Å². The Morgan fingerprint density at radius 1 is 1.36 bits per heavy atom. The van der Waals surface area contributed by atoms with Crippen LogP contribution in [-0.2, 0) is 4.74 Å². The lowest BCUT2D eigenvalue weighted by atomic mass is 10.1. The van der Waals surface area contributed by atoms with Gasteiger partial charge in [-0.2, -0.15) is 0 Å². The lowest BCUT2D eigenvalue weighted by Gasteiger charge is -2.07. The van der Waals surface area contributed by atoms with Crippen LogP contribution in [0.3, 0.4) is 0 Å². The average Bonchev–Trinajstić information content (AvgIpc) is 2.98. The minimum absolute atomic E-state index is 0.139. The molecule has 0 aromatic carbocycles. The van der Waals surface area contributed by atoms with E-state index in [1.54, 1.807) is 0 Å². The van der Waals surface area contributed by atoms with Gasteiger partial charge in [0, 0.05) is 6.61 Å². The fourth-order valence-corrected chi connectivity index (χ4v) is 0.653. The SMILES string of the molecule is CC(O)CO.CCC(C)COC1CC1. The monoisotopic (exact) mass is 204 g/mol. The molecule has 2 unspecified atom stereocenters. The van der Waals surface area contributed by atoms with Crippen LogP contribution in [0.1, 0.15) is 40.0 Å².